The lowest BCUT2D eigenvalue weighted by molar-refractivity contribution is -0.116. The van der Waals surface area contributed by atoms with Gasteiger partial charge in [0.25, 0.3) is 0 Å². The molecule has 1 aromatic heterocycles. The van der Waals surface area contributed by atoms with Crippen molar-refractivity contribution in [1.29, 1.82) is 0 Å². The van der Waals surface area contributed by atoms with E-state index < -0.39 is 0 Å². The van der Waals surface area contributed by atoms with E-state index in [0.717, 1.165) is 70.7 Å². The van der Waals surface area contributed by atoms with Crippen LogP contribution in [0, 0.1) is 0 Å². The minimum Gasteiger partial charge on any atom is -0.317 e. The molecule has 7 nitrogen and oxygen atoms in total. The Morgan fingerprint density at radius 2 is 1.92 bits per heavy atom. The Kier molecular flexibility index (Phi) is 8.34. The van der Waals surface area contributed by atoms with Crippen LogP contribution in [0.15, 0.2) is 0 Å². The number of nitrogens with one attached hydrogen (secondary N) is 2. The van der Waals surface area contributed by atoms with E-state index in [1.54, 1.807) is 4.68 Å². The van der Waals surface area contributed by atoms with Gasteiger partial charge in [0.15, 0.2) is 5.82 Å². The van der Waals surface area contributed by atoms with Crippen molar-refractivity contribution in [2.75, 3.05) is 38.0 Å². The summed E-state index contributed by atoms with van der Waals surface area (Å²) in [5, 5.41) is 10.8. The standard InChI is InChI=1S/C18H34N6O/c1-4-12-24(13-5-2)14-6-7-16(25)20-18-21-17(22-23(18)3)15-8-10-19-11-9-15/h15,19H,4-14H2,1-3H3,(H,20,21,22,25). The molecule has 0 unspecified atom stereocenters. The molecule has 7 heteroatoms. The zero-order valence-corrected chi connectivity index (χ0v) is 16.1. The highest BCUT2D eigenvalue weighted by molar-refractivity contribution is 5.88. The minimum absolute atomic E-state index is 0.0281. The van der Waals surface area contributed by atoms with E-state index in [2.05, 4.69) is 39.5 Å². The molecule has 0 saturated carbocycles. The molecule has 1 amide bonds. The fraction of sp³-hybridized carbons (Fsp3) is 0.833. The highest BCUT2D eigenvalue weighted by Gasteiger charge is 2.21. The van der Waals surface area contributed by atoms with Crippen molar-refractivity contribution in [3.63, 3.8) is 0 Å². The third-order valence-corrected chi connectivity index (χ3v) is 4.69. The van der Waals surface area contributed by atoms with Crippen molar-refractivity contribution < 1.29 is 4.79 Å². The number of aromatic nitrogens is 3. The van der Waals surface area contributed by atoms with Crippen molar-refractivity contribution in [1.82, 2.24) is 25.0 Å². The van der Waals surface area contributed by atoms with Gasteiger partial charge in [-0.15, -0.1) is 0 Å². The molecule has 142 valence electrons. The Bertz CT molecular complexity index is 518. The van der Waals surface area contributed by atoms with E-state index in [9.17, 15) is 4.79 Å². The largest absolute Gasteiger partial charge is 0.317 e. The van der Waals surface area contributed by atoms with Crippen LogP contribution in [-0.4, -0.2) is 58.3 Å². The maximum atomic E-state index is 12.2. The summed E-state index contributed by atoms with van der Waals surface area (Å²) in [5.74, 6) is 1.85. The number of amides is 1. The van der Waals surface area contributed by atoms with Crippen molar-refractivity contribution in [3.05, 3.63) is 5.82 Å². The number of nitrogens with zero attached hydrogens (tertiary/aromatic N) is 4. The molecule has 2 rings (SSSR count). The lowest BCUT2D eigenvalue weighted by Gasteiger charge is -2.20. The maximum absolute atomic E-state index is 12.2. The van der Waals surface area contributed by atoms with Crippen LogP contribution in [0.3, 0.4) is 0 Å². The van der Waals surface area contributed by atoms with Crippen LogP contribution in [0.4, 0.5) is 5.95 Å². The number of aryl methyl sites for hydroxylation is 1. The number of carbonyl (C=O) groups excluding carboxylic acids is 1. The average molecular weight is 351 g/mol. The zero-order valence-electron chi connectivity index (χ0n) is 16.1. The number of hydrogen-bond acceptors (Lipinski definition) is 5. The molecule has 1 fully saturated rings. The van der Waals surface area contributed by atoms with Crippen molar-refractivity contribution in [2.45, 2.75) is 58.3 Å². The Morgan fingerprint density at radius 1 is 1.24 bits per heavy atom. The third kappa shape index (κ3) is 6.40. The second-order valence-electron chi connectivity index (χ2n) is 6.93. The van der Waals surface area contributed by atoms with Crippen molar-refractivity contribution in [3.8, 4) is 0 Å². The van der Waals surface area contributed by atoms with Crippen LogP contribution in [0.1, 0.15) is 64.1 Å². The number of rotatable bonds is 10. The van der Waals surface area contributed by atoms with Gasteiger partial charge < -0.3 is 10.2 Å². The molecule has 0 aromatic carbocycles. The summed E-state index contributed by atoms with van der Waals surface area (Å²) in [6.45, 7) is 9.62. The summed E-state index contributed by atoms with van der Waals surface area (Å²) in [5.41, 5.74) is 0. The molecule has 0 aliphatic carbocycles. The van der Waals surface area contributed by atoms with Gasteiger partial charge in [-0.25, -0.2) is 4.68 Å². The summed E-state index contributed by atoms with van der Waals surface area (Å²) in [6, 6.07) is 0. The van der Waals surface area contributed by atoms with Crippen molar-refractivity contribution in [2.24, 2.45) is 7.05 Å². The highest BCUT2D eigenvalue weighted by atomic mass is 16.1. The summed E-state index contributed by atoms with van der Waals surface area (Å²) in [7, 11) is 1.84. The maximum Gasteiger partial charge on any atom is 0.227 e. The lowest BCUT2D eigenvalue weighted by atomic mass is 9.98. The van der Waals surface area contributed by atoms with Gasteiger partial charge in [0.1, 0.15) is 0 Å². The fourth-order valence-corrected chi connectivity index (χ4v) is 3.38. The Balaban J connectivity index is 1.79. The predicted molar refractivity (Wildman–Crippen MR) is 101 cm³/mol. The molecule has 1 saturated heterocycles. The van der Waals surface area contributed by atoms with Crippen LogP contribution in [-0.2, 0) is 11.8 Å². The molecule has 0 spiro atoms. The fourth-order valence-electron chi connectivity index (χ4n) is 3.38. The van der Waals surface area contributed by atoms with Crippen molar-refractivity contribution >= 4 is 11.9 Å². The van der Waals surface area contributed by atoms with E-state index in [-0.39, 0.29) is 5.91 Å². The monoisotopic (exact) mass is 350 g/mol. The molecule has 0 bridgehead atoms. The smallest absolute Gasteiger partial charge is 0.227 e. The average Bonchev–Trinajstić information content (AvgIpc) is 2.97. The summed E-state index contributed by atoms with van der Waals surface area (Å²) >= 11 is 0. The van der Waals surface area contributed by atoms with E-state index in [1.807, 2.05) is 7.05 Å². The number of carbonyl (C=O) groups is 1. The minimum atomic E-state index is 0.0281. The van der Waals surface area contributed by atoms with E-state index in [4.69, 9.17) is 0 Å². The summed E-state index contributed by atoms with van der Waals surface area (Å²) in [4.78, 5) is 19.2. The van der Waals surface area contributed by atoms with Gasteiger partial charge >= 0.3 is 0 Å². The third-order valence-electron chi connectivity index (χ3n) is 4.69. The van der Waals surface area contributed by atoms with Gasteiger partial charge in [-0.3, -0.25) is 10.1 Å². The molecule has 0 atom stereocenters. The molecule has 0 radical (unpaired) electrons. The first kappa shape index (κ1) is 19.8. The van der Waals surface area contributed by atoms with Crippen LogP contribution in [0.25, 0.3) is 0 Å². The van der Waals surface area contributed by atoms with E-state index >= 15 is 0 Å². The first-order valence-corrected chi connectivity index (χ1v) is 9.77. The Morgan fingerprint density at radius 3 is 2.56 bits per heavy atom. The SMILES string of the molecule is CCCN(CCC)CCCC(=O)Nc1nc(C2CCNCC2)nn1C. The molecular formula is C18H34N6O. The second-order valence-corrected chi connectivity index (χ2v) is 6.93. The van der Waals surface area contributed by atoms with Gasteiger partial charge in [-0.2, -0.15) is 10.1 Å². The first-order chi connectivity index (χ1) is 12.1. The lowest BCUT2D eigenvalue weighted by Crippen LogP contribution is -2.27. The normalized spacial score (nSPS) is 15.7. The van der Waals surface area contributed by atoms with Crippen LogP contribution >= 0.6 is 0 Å². The van der Waals surface area contributed by atoms with Gasteiger partial charge in [0, 0.05) is 19.4 Å². The topological polar surface area (TPSA) is 75.1 Å². The van der Waals surface area contributed by atoms with Gasteiger partial charge in [0.05, 0.1) is 0 Å². The van der Waals surface area contributed by atoms with Gasteiger partial charge in [-0.1, -0.05) is 13.8 Å². The quantitative estimate of drug-likeness (QED) is 0.676. The number of hydrogen-bond donors (Lipinski definition) is 2. The first-order valence-electron chi connectivity index (χ1n) is 9.77. The summed E-state index contributed by atoms with van der Waals surface area (Å²) < 4.78 is 1.69. The van der Waals surface area contributed by atoms with Gasteiger partial charge in [0.2, 0.25) is 11.9 Å². The van der Waals surface area contributed by atoms with Gasteiger partial charge in [-0.05, 0) is 64.8 Å². The van der Waals surface area contributed by atoms with Crippen LogP contribution in [0.2, 0.25) is 0 Å². The molecular weight excluding hydrogens is 316 g/mol. The number of anilines is 1. The molecule has 1 aliphatic heterocycles. The molecule has 1 aliphatic rings. The Hall–Kier alpha value is -1.47. The zero-order chi connectivity index (χ0) is 18.1. The highest BCUT2D eigenvalue weighted by Crippen LogP contribution is 2.23. The van der Waals surface area contributed by atoms with Crippen LogP contribution < -0.4 is 10.6 Å². The summed E-state index contributed by atoms with van der Waals surface area (Å²) in [6.07, 6.45) is 5.84. The Labute approximate surface area is 151 Å². The number of piperidine rings is 1. The molecule has 2 N–H and O–H groups in total. The van der Waals surface area contributed by atoms with E-state index in [1.165, 1.54) is 0 Å². The van der Waals surface area contributed by atoms with E-state index in [0.29, 0.717) is 18.3 Å². The predicted octanol–water partition coefficient (Wildman–Crippen LogP) is 2.12. The second kappa shape index (κ2) is 10.5. The molecule has 1 aromatic rings. The van der Waals surface area contributed by atoms with Crippen LogP contribution in [0.5, 0.6) is 0 Å². The molecule has 2 heterocycles. The molecule has 25 heavy (non-hydrogen) atoms.